The van der Waals surface area contributed by atoms with Crippen molar-refractivity contribution in [3.8, 4) is 0 Å². The van der Waals surface area contributed by atoms with E-state index in [1.807, 2.05) is 12.1 Å². The first-order chi connectivity index (χ1) is 10.4. The van der Waals surface area contributed by atoms with E-state index in [1.54, 1.807) is 12.1 Å². The highest BCUT2D eigenvalue weighted by Gasteiger charge is 2.28. The highest BCUT2D eigenvalue weighted by Crippen LogP contribution is 2.25. The normalized spacial score (nSPS) is 22.4. The Labute approximate surface area is 135 Å². The van der Waals surface area contributed by atoms with Crippen LogP contribution in [0.25, 0.3) is 0 Å². The van der Waals surface area contributed by atoms with Gasteiger partial charge in [-0.25, -0.2) is 13.1 Å². The van der Waals surface area contributed by atoms with E-state index in [4.69, 9.17) is 16.7 Å². The molecule has 0 heterocycles. The molecule has 1 aliphatic rings. The van der Waals surface area contributed by atoms with Crippen molar-refractivity contribution in [1.82, 2.24) is 4.72 Å². The number of sulfonamides is 1. The summed E-state index contributed by atoms with van der Waals surface area (Å²) >= 11 is 6.02. The highest BCUT2D eigenvalue weighted by atomic mass is 35.5. The Morgan fingerprint density at radius 2 is 1.86 bits per heavy atom. The van der Waals surface area contributed by atoms with Crippen LogP contribution in [0.1, 0.15) is 31.2 Å². The SMILES string of the molecule is O=C(O)C1CCC(NS(=O)(=O)CCc2ccccc2Cl)CC1. The lowest BCUT2D eigenvalue weighted by Gasteiger charge is -2.26. The molecule has 2 N–H and O–H groups in total. The van der Waals surface area contributed by atoms with Crippen LogP contribution >= 0.6 is 11.6 Å². The van der Waals surface area contributed by atoms with Crippen LogP contribution in [0, 0.1) is 5.92 Å². The molecular weight excluding hydrogens is 326 g/mol. The third-order valence-electron chi connectivity index (χ3n) is 4.02. The standard InChI is InChI=1S/C15H20ClNO4S/c16-14-4-2-1-3-11(14)9-10-22(20,21)17-13-7-5-12(6-8-13)15(18)19/h1-4,12-13,17H,5-10H2,(H,18,19). The van der Waals surface area contributed by atoms with E-state index in [0.717, 1.165) is 5.56 Å². The highest BCUT2D eigenvalue weighted by molar-refractivity contribution is 7.89. The predicted octanol–water partition coefficient (Wildman–Crippen LogP) is 2.45. The molecule has 7 heteroatoms. The van der Waals surface area contributed by atoms with E-state index in [2.05, 4.69) is 4.72 Å². The van der Waals surface area contributed by atoms with Crippen molar-refractivity contribution < 1.29 is 18.3 Å². The second kappa shape index (κ2) is 7.44. The Kier molecular flexibility index (Phi) is 5.83. The lowest BCUT2D eigenvalue weighted by molar-refractivity contribution is -0.142. The number of halogens is 1. The number of nitrogens with one attached hydrogen (secondary N) is 1. The molecule has 1 aliphatic carbocycles. The first-order valence-corrected chi connectivity index (χ1v) is 9.36. The topological polar surface area (TPSA) is 83.5 Å². The van der Waals surface area contributed by atoms with Gasteiger partial charge in [-0.2, -0.15) is 0 Å². The van der Waals surface area contributed by atoms with Gasteiger partial charge in [-0.3, -0.25) is 4.79 Å². The molecule has 0 unspecified atom stereocenters. The van der Waals surface area contributed by atoms with Crippen molar-refractivity contribution in [1.29, 1.82) is 0 Å². The summed E-state index contributed by atoms with van der Waals surface area (Å²) in [5.74, 6) is -1.15. The quantitative estimate of drug-likeness (QED) is 0.829. The molecule has 122 valence electrons. The second-order valence-electron chi connectivity index (χ2n) is 5.66. The van der Waals surface area contributed by atoms with Gasteiger partial charge >= 0.3 is 5.97 Å². The first-order valence-electron chi connectivity index (χ1n) is 7.33. The van der Waals surface area contributed by atoms with Gasteiger partial charge in [-0.05, 0) is 43.7 Å². The smallest absolute Gasteiger partial charge is 0.306 e. The Bertz CT molecular complexity index is 624. The van der Waals surface area contributed by atoms with E-state index in [1.165, 1.54) is 0 Å². The molecule has 0 atom stereocenters. The lowest BCUT2D eigenvalue weighted by Crippen LogP contribution is -2.40. The monoisotopic (exact) mass is 345 g/mol. The van der Waals surface area contributed by atoms with E-state index in [-0.39, 0.29) is 17.7 Å². The summed E-state index contributed by atoms with van der Waals surface area (Å²) in [6.45, 7) is 0. The molecule has 0 aliphatic heterocycles. The molecule has 5 nitrogen and oxygen atoms in total. The fraction of sp³-hybridized carbons (Fsp3) is 0.533. The third kappa shape index (κ3) is 4.97. The summed E-state index contributed by atoms with van der Waals surface area (Å²) in [5, 5.41) is 9.51. The van der Waals surface area contributed by atoms with Gasteiger partial charge in [-0.15, -0.1) is 0 Å². The van der Waals surface area contributed by atoms with Gasteiger partial charge in [0, 0.05) is 11.1 Å². The van der Waals surface area contributed by atoms with Gasteiger partial charge in [0.2, 0.25) is 10.0 Å². The summed E-state index contributed by atoms with van der Waals surface area (Å²) in [5.41, 5.74) is 0.809. The molecule has 0 saturated heterocycles. The van der Waals surface area contributed by atoms with Crippen LogP contribution in [0.3, 0.4) is 0 Å². The fourth-order valence-corrected chi connectivity index (χ4v) is 4.30. The lowest BCUT2D eigenvalue weighted by atomic mass is 9.87. The van der Waals surface area contributed by atoms with E-state index >= 15 is 0 Å². The molecular formula is C15H20ClNO4S. The fourth-order valence-electron chi connectivity index (χ4n) is 2.72. The van der Waals surface area contributed by atoms with E-state index < -0.39 is 16.0 Å². The van der Waals surface area contributed by atoms with Crippen LogP contribution in [-0.4, -0.2) is 31.3 Å². The molecule has 22 heavy (non-hydrogen) atoms. The maximum atomic E-state index is 12.1. The summed E-state index contributed by atoms with van der Waals surface area (Å²) in [4.78, 5) is 10.9. The zero-order chi connectivity index (χ0) is 16.2. The summed E-state index contributed by atoms with van der Waals surface area (Å²) in [6, 6.07) is 7.03. The van der Waals surface area contributed by atoms with Crippen LogP contribution < -0.4 is 4.72 Å². The molecule has 0 radical (unpaired) electrons. The number of carboxylic acids is 1. The van der Waals surface area contributed by atoms with Crippen molar-refractivity contribution >= 4 is 27.6 Å². The number of carboxylic acid groups (broad SMARTS) is 1. The van der Waals surface area contributed by atoms with Crippen molar-refractivity contribution in [2.75, 3.05) is 5.75 Å². The number of aryl methyl sites for hydroxylation is 1. The number of carbonyl (C=O) groups is 1. The van der Waals surface area contributed by atoms with Crippen LogP contribution in [-0.2, 0) is 21.2 Å². The van der Waals surface area contributed by atoms with E-state index in [9.17, 15) is 13.2 Å². The summed E-state index contributed by atoms with van der Waals surface area (Å²) in [7, 11) is -3.39. The maximum absolute atomic E-state index is 12.1. The van der Waals surface area contributed by atoms with Gasteiger partial charge in [0.15, 0.2) is 0 Å². The van der Waals surface area contributed by atoms with Crippen LogP contribution in [0.2, 0.25) is 5.02 Å². The van der Waals surface area contributed by atoms with Crippen molar-refractivity contribution in [2.45, 2.75) is 38.1 Å². The number of benzene rings is 1. The summed E-state index contributed by atoms with van der Waals surface area (Å²) in [6.07, 6.45) is 2.55. The van der Waals surface area contributed by atoms with Gasteiger partial charge < -0.3 is 5.11 Å². The molecule has 1 aromatic rings. The van der Waals surface area contributed by atoms with Gasteiger partial charge in [0.05, 0.1) is 11.7 Å². The number of aliphatic carboxylic acids is 1. The average molecular weight is 346 g/mol. The Morgan fingerprint density at radius 3 is 2.45 bits per heavy atom. The molecule has 0 amide bonds. The van der Waals surface area contributed by atoms with Crippen LogP contribution in [0.4, 0.5) is 0 Å². The molecule has 0 spiro atoms. The number of hydrogen-bond acceptors (Lipinski definition) is 3. The molecule has 1 fully saturated rings. The maximum Gasteiger partial charge on any atom is 0.306 e. The Balaban J connectivity index is 1.84. The zero-order valence-corrected chi connectivity index (χ0v) is 13.7. The largest absolute Gasteiger partial charge is 0.481 e. The first kappa shape index (κ1) is 17.2. The van der Waals surface area contributed by atoms with E-state index in [0.29, 0.717) is 37.1 Å². The van der Waals surface area contributed by atoms with Gasteiger partial charge in [0.1, 0.15) is 0 Å². The number of hydrogen-bond donors (Lipinski definition) is 2. The van der Waals surface area contributed by atoms with Gasteiger partial charge in [-0.1, -0.05) is 29.8 Å². The third-order valence-corrected chi connectivity index (χ3v) is 5.82. The Morgan fingerprint density at radius 1 is 1.23 bits per heavy atom. The molecule has 1 aromatic carbocycles. The predicted molar refractivity (Wildman–Crippen MR) is 85.5 cm³/mol. The second-order valence-corrected chi connectivity index (χ2v) is 7.95. The Hall–Kier alpha value is -1.11. The van der Waals surface area contributed by atoms with Crippen molar-refractivity contribution in [3.63, 3.8) is 0 Å². The average Bonchev–Trinajstić information content (AvgIpc) is 2.46. The molecule has 2 rings (SSSR count). The van der Waals surface area contributed by atoms with Crippen molar-refractivity contribution in [3.05, 3.63) is 34.9 Å². The minimum atomic E-state index is -3.39. The van der Waals surface area contributed by atoms with Crippen LogP contribution in [0.15, 0.2) is 24.3 Å². The minimum Gasteiger partial charge on any atom is -0.481 e. The van der Waals surface area contributed by atoms with Gasteiger partial charge in [0.25, 0.3) is 0 Å². The van der Waals surface area contributed by atoms with Crippen LogP contribution in [0.5, 0.6) is 0 Å². The number of rotatable bonds is 6. The molecule has 0 aromatic heterocycles. The summed E-state index contributed by atoms with van der Waals surface area (Å²) < 4.78 is 26.9. The van der Waals surface area contributed by atoms with Crippen molar-refractivity contribution in [2.24, 2.45) is 5.92 Å². The molecule has 1 saturated carbocycles. The minimum absolute atomic E-state index is 0.0183. The molecule has 0 bridgehead atoms. The zero-order valence-electron chi connectivity index (χ0n) is 12.2.